The van der Waals surface area contributed by atoms with Crippen molar-refractivity contribution in [2.75, 3.05) is 6.61 Å². The van der Waals surface area contributed by atoms with Crippen LogP contribution in [-0.4, -0.2) is 51.6 Å². The quantitative estimate of drug-likeness (QED) is 0.608. The number of ether oxygens (including phenoxy) is 1. The van der Waals surface area contributed by atoms with E-state index in [1.54, 1.807) is 24.3 Å². The van der Waals surface area contributed by atoms with Gasteiger partial charge < -0.3 is 20.3 Å². The number of hydrogen-bond acceptors (Lipinski definition) is 5. The Balaban J connectivity index is 1.97. The Kier molecular flexibility index (Phi) is 6.68. The van der Waals surface area contributed by atoms with Crippen molar-refractivity contribution < 1.29 is 29.3 Å². The van der Waals surface area contributed by atoms with Gasteiger partial charge in [-0.15, -0.1) is 0 Å². The molecule has 30 heavy (non-hydrogen) atoms. The number of rotatable bonds is 8. The van der Waals surface area contributed by atoms with E-state index >= 15 is 0 Å². The standard InChI is InChI=1S/C22H24N2O6/c1-14(25)23-17-11-18(22(28)29)24(21(17)15-7-3-2-4-8-15)12-16-9-5-6-10-19(16)30-13-20(26)27/h2-10,17-18,21H,11-13H2,1H3,(H,23,25)(H,26,27)(H,28,29)/t17-,18+,21+/m1/s1. The zero-order chi connectivity index (χ0) is 21.7. The number of likely N-dealkylation sites (tertiary alicyclic amines) is 1. The second kappa shape index (κ2) is 9.41. The fraction of sp³-hybridized carbons (Fsp3) is 0.318. The lowest BCUT2D eigenvalue weighted by atomic mass is 9.99. The summed E-state index contributed by atoms with van der Waals surface area (Å²) < 4.78 is 5.39. The summed E-state index contributed by atoms with van der Waals surface area (Å²) in [5, 5.41) is 21.7. The van der Waals surface area contributed by atoms with Gasteiger partial charge in [-0.2, -0.15) is 0 Å². The predicted octanol–water partition coefficient (Wildman–Crippen LogP) is 2.05. The molecule has 3 N–H and O–H groups in total. The zero-order valence-electron chi connectivity index (χ0n) is 16.5. The first-order valence-corrected chi connectivity index (χ1v) is 9.60. The maximum atomic E-state index is 12.0. The molecular formula is C22H24N2O6. The first-order chi connectivity index (χ1) is 14.4. The van der Waals surface area contributed by atoms with E-state index in [1.165, 1.54) is 6.92 Å². The number of carboxylic acid groups (broad SMARTS) is 2. The third-order valence-electron chi connectivity index (χ3n) is 5.11. The van der Waals surface area contributed by atoms with Crippen LogP contribution in [0, 0.1) is 0 Å². The predicted molar refractivity (Wildman–Crippen MR) is 108 cm³/mol. The van der Waals surface area contributed by atoms with E-state index < -0.39 is 24.6 Å². The maximum Gasteiger partial charge on any atom is 0.341 e. The molecule has 2 aromatic carbocycles. The minimum absolute atomic E-state index is 0.225. The molecule has 2 aromatic rings. The monoisotopic (exact) mass is 412 g/mol. The Hall–Kier alpha value is -3.39. The topological polar surface area (TPSA) is 116 Å². The van der Waals surface area contributed by atoms with Crippen LogP contribution in [0.4, 0.5) is 0 Å². The normalized spacial score (nSPS) is 21.2. The molecule has 0 radical (unpaired) electrons. The number of para-hydroxylation sites is 1. The molecule has 0 aromatic heterocycles. The third-order valence-corrected chi connectivity index (χ3v) is 5.11. The Morgan fingerprint density at radius 3 is 2.37 bits per heavy atom. The molecule has 0 aliphatic carbocycles. The minimum atomic E-state index is -1.10. The van der Waals surface area contributed by atoms with Gasteiger partial charge in [0, 0.05) is 19.0 Å². The van der Waals surface area contributed by atoms with Gasteiger partial charge >= 0.3 is 11.9 Å². The molecule has 1 saturated heterocycles. The highest BCUT2D eigenvalue weighted by atomic mass is 16.5. The molecule has 1 amide bonds. The number of carboxylic acids is 2. The van der Waals surface area contributed by atoms with Crippen LogP contribution in [0.25, 0.3) is 0 Å². The molecular weight excluding hydrogens is 388 g/mol. The Morgan fingerprint density at radius 2 is 1.73 bits per heavy atom. The van der Waals surface area contributed by atoms with Gasteiger partial charge in [0.05, 0.1) is 12.1 Å². The fourth-order valence-electron chi connectivity index (χ4n) is 3.97. The van der Waals surface area contributed by atoms with Crippen LogP contribution in [0.15, 0.2) is 54.6 Å². The van der Waals surface area contributed by atoms with Crippen LogP contribution >= 0.6 is 0 Å². The van der Waals surface area contributed by atoms with Gasteiger partial charge in [-0.3, -0.25) is 14.5 Å². The summed E-state index contributed by atoms with van der Waals surface area (Å²) in [4.78, 5) is 36.5. The summed E-state index contributed by atoms with van der Waals surface area (Å²) in [6.45, 7) is 1.15. The Morgan fingerprint density at radius 1 is 1.07 bits per heavy atom. The van der Waals surface area contributed by atoms with E-state index in [9.17, 15) is 19.5 Å². The van der Waals surface area contributed by atoms with E-state index in [0.29, 0.717) is 11.3 Å². The summed E-state index contributed by atoms with van der Waals surface area (Å²) in [5.74, 6) is -1.91. The second-order valence-corrected chi connectivity index (χ2v) is 7.21. The lowest BCUT2D eigenvalue weighted by Crippen LogP contribution is -2.40. The molecule has 1 aliphatic rings. The molecule has 1 fully saturated rings. The zero-order valence-corrected chi connectivity index (χ0v) is 16.5. The van der Waals surface area contributed by atoms with Crippen molar-refractivity contribution >= 4 is 17.8 Å². The van der Waals surface area contributed by atoms with Crippen molar-refractivity contribution in [3.05, 3.63) is 65.7 Å². The van der Waals surface area contributed by atoms with E-state index in [2.05, 4.69) is 5.32 Å². The van der Waals surface area contributed by atoms with Gasteiger partial charge in [0.25, 0.3) is 0 Å². The first kappa shape index (κ1) is 21.3. The number of aliphatic carboxylic acids is 2. The van der Waals surface area contributed by atoms with Crippen molar-refractivity contribution in [1.29, 1.82) is 0 Å². The maximum absolute atomic E-state index is 12.0. The van der Waals surface area contributed by atoms with Crippen molar-refractivity contribution in [2.45, 2.75) is 38.0 Å². The van der Waals surface area contributed by atoms with Gasteiger partial charge in [0.2, 0.25) is 5.91 Å². The number of nitrogens with zero attached hydrogens (tertiary/aromatic N) is 1. The van der Waals surface area contributed by atoms with Crippen molar-refractivity contribution in [2.24, 2.45) is 0 Å². The highest BCUT2D eigenvalue weighted by Crippen LogP contribution is 2.39. The molecule has 0 unspecified atom stereocenters. The third kappa shape index (κ3) is 4.96. The van der Waals surface area contributed by atoms with E-state index in [4.69, 9.17) is 9.84 Å². The summed E-state index contributed by atoms with van der Waals surface area (Å²) in [7, 11) is 0. The lowest BCUT2D eigenvalue weighted by Gasteiger charge is -2.31. The minimum Gasteiger partial charge on any atom is -0.482 e. The first-order valence-electron chi connectivity index (χ1n) is 9.60. The van der Waals surface area contributed by atoms with Crippen molar-refractivity contribution in [1.82, 2.24) is 10.2 Å². The van der Waals surface area contributed by atoms with Crippen molar-refractivity contribution in [3.8, 4) is 5.75 Å². The van der Waals surface area contributed by atoms with Crippen LogP contribution in [0.5, 0.6) is 5.75 Å². The molecule has 1 aliphatic heterocycles. The summed E-state index contributed by atoms with van der Waals surface area (Å²) in [5.41, 5.74) is 1.57. The van der Waals surface area contributed by atoms with Crippen LogP contribution in [-0.2, 0) is 20.9 Å². The van der Waals surface area contributed by atoms with Crippen molar-refractivity contribution in [3.63, 3.8) is 0 Å². The van der Waals surface area contributed by atoms with E-state index in [-0.39, 0.29) is 31.0 Å². The molecule has 0 bridgehead atoms. The molecule has 3 atom stereocenters. The SMILES string of the molecule is CC(=O)N[C@@H]1C[C@@H](C(=O)O)N(Cc2ccccc2OCC(=O)O)[C@H]1c1ccccc1. The van der Waals surface area contributed by atoms with Crippen LogP contribution in [0.3, 0.4) is 0 Å². The molecule has 158 valence electrons. The smallest absolute Gasteiger partial charge is 0.341 e. The van der Waals surface area contributed by atoms with Gasteiger partial charge in [0.15, 0.2) is 6.61 Å². The number of benzene rings is 2. The Bertz CT molecular complexity index is 917. The molecule has 8 heteroatoms. The second-order valence-electron chi connectivity index (χ2n) is 7.21. The molecule has 0 saturated carbocycles. The lowest BCUT2D eigenvalue weighted by molar-refractivity contribution is -0.143. The summed E-state index contributed by atoms with van der Waals surface area (Å²) >= 11 is 0. The molecule has 3 rings (SSSR count). The van der Waals surface area contributed by atoms with Crippen LogP contribution < -0.4 is 10.1 Å². The largest absolute Gasteiger partial charge is 0.482 e. The Labute approximate surface area is 174 Å². The number of carbonyl (C=O) groups is 3. The van der Waals surface area contributed by atoms with Gasteiger partial charge in [-0.1, -0.05) is 48.5 Å². The van der Waals surface area contributed by atoms with Gasteiger partial charge in [0.1, 0.15) is 11.8 Å². The van der Waals surface area contributed by atoms with E-state index in [1.807, 2.05) is 35.2 Å². The van der Waals surface area contributed by atoms with Crippen LogP contribution in [0.2, 0.25) is 0 Å². The average Bonchev–Trinajstić information content (AvgIpc) is 3.05. The van der Waals surface area contributed by atoms with Gasteiger partial charge in [-0.25, -0.2) is 4.79 Å². The highest BCUT2D eigenvalue weighted by molar-refractivity contribution is 5.76. The molecule has 1 heterocycles. The number of amides is 1. The fourth-order valence-corrected chi connectivity index (χ4v) is 3.97. The van der Waals surface area contributed by atoms with Crippen LogP contribution in [0.1, 0.15) is 30.5 Å². The molecule has 8 nitrogen and oxygen atoms in total. The number of carbonyl (C=O) groups excluding carboxylic acids is 1. The molecule has 0 spiro atoms. The van der Waals surface area contributed by atoms with Gasteiger partial charge in [-0.05, 0) is 18.1 Å². The van der Waals surface area contributed by atoms with E-state index in [0.717, 1.165) is 5.56 Å². The average molecular weight is 412 g/mol. The number of nitrogens with one attached hydrogen (secondary N) is 1. The summed E-state index contributed by atoms with van der Waals surface area (Å²) in [6.07, 6.45) is 0.257. The number of hydrogen-bond donors (Lipinski definition) is 3. The summed E-state index contributed by atoms with van der Waals surface area (Å²) in [6, 6.07) is 14.8. The highest BCUT2D eigenvalue weighted by Gasteiger charge is 2.45.